The Morgan fingerprint density at radius 3 is 2.37 bits per heavy atom. The maximum absolute atomic E-state index is 12.2. The fourth-order valence-corrected chi connectivity index (χ4v) is 2.77. The van der Waals surface area contributed by atoms with Gasteiger partial charge in [-0.15, -0.1) is 0 Å². The first kappa shape index (κ1) is 16.5. The zero-order valence-corrected chi connectivity index (χ0v) is 13.3. The molecular weight excluding hydrogens is 236 g/mol. The van der Waals surface area contributed by atoms with Crippen LogP contribution in [0.1, 0.15) is 52.4 Å². The van der Waals surface area contributed by atoms with E-state index in [1.54, 1.807) is 0 Å². The van der Waals surface area contributed by atoms with Crippen LogP contribution in [0, 0.1) is 11.8 Å². The molecule has 112 valence electrons. The topological polar surface area (TPSA) is 23.6 Å². The number of carbonyl (C=O) groups excluding carboxylic acids is 1. The zero-order valence-electron chi connectivity index (χ0n) is 13.3. The van der Waals surface area contributed by atoms with Crippen molar-refractivity contribution in [1.82, 2.24) is 9.80 Å². The van der Waals surface area contributed by atoms with Gasteiger partial charge in [0.25, 0.3) is 0 Å². The summed E-state index contributed by atoms with van der Waals surface area (Å²) < 4.78 is 0. The second-order valence-corrected chi connectivity index (χ2v) is 6.70. The molecule has 0 aliphatic heterocycles. The molecule has 0 bridgehead atoms. The van der Waals surface area contributed by atoms with Crippen LogP contribution in [-0.2, 0) is 4.79 Å². The summed E-state index contributed by atoms with van der Waals surface area (Å²) in [5.41, 5.74) is 0. The highest BCUT2D eigenvalue weighted by Crippen LogP contribution is 2.24. The Hall–Kier alpha value is -0.570. The van der Waals surface area contributed by atoms with Gasteiger partial charge in [-0.1, -0.05) is 33.1 Å². The number of likely N-dealkylation sites (N-methyl/N-ethyl adjacent to an activating group) is 2. The van der Waals surface area contributed by atoms with Crippen LogP contribution in [0.3, 0.4) is 0 Å². The molecule has 1 saturated carbocycles. The van der Waals surface area contributed by atoms with E-state index in [0.717, 1.165) is 25.4 Å². The van der Waals surface area contributed by atoms with Gasteiger partial charge >= 0.3 is 0 Å². The van der Waals surface area contributed by atoms with Crippen LogP contribution in [0.25, 0.3) is 0 Å². The Balaban J connectivity index is 2.23. The van der Waals surface area contributed by atoms with Gasteiger partial charge < -0.3 is 4.90 Å². The predicted octanol–water partition coefficient (Wildman–Crippen LogP) is 3.00. The molecule has 1 fully saturated rings. The standard InChI is InChI=1S/C16H32N2O/c1-14(2)10-11-17(3)13-16(19)18(4)12-15-8-6-5-7-9-15/h14-15H,5-13H2,1-4H3. The molecule has 0 radical (unpaired) electrons. The number of hydrogen-bond acceptors (Lipinski definition) is 2. The number of amides is 1. The zero-order chi connectivity index (χ0) is 14.3. The quantitative estimate of drug-likeness (QED) is 0.708. The molecule has 0 spiro atoms. The molecular formula is C16H32N2O. The highest BCUT2D eigenvalue weighted by Gasteiger charge is 2.18. The Labute approximate surface area is 119 Å². The Morgan fingerprint density at radius 2 is 1.79 bits per heavy atom. The highest BCUT2D eigenvalue weighted by atomic mass is 16.2. The van der Waals surface area contributed by atoms with Crippen LogP contribution in [0.4, 0.5) is 0 Å². The molecule has 0 aromatic carbocycles. The fraction of sp³-hybridized carbons (Fsp3) is 0.938. The molecule has 0 atom stereocenters. The van der Waals surface area contributed by atoms with Crippen molar-refractivity contribution in [1.29, 1.82) is 0 Å². The summed E-state index contributed by atoms with van der Waals surface area (Å²) in [4.78, 5) is 16.3. The van der Waals surface area contributed by atoms with Gasteiger partial charge in [-0.05, 0) is 44.7 Å². The minimum atomic E-state index is 0.275. The van der Waals surface area contributed by atoms with Crippen LogP contribution in [0.15, 0.2) is 0 Å². The molecule has 1 rings (SSSR count). The molecule has 3 heteroatoms. The van der Waals surface area contributed by atoms with Crippen molar-refractivity contribution in [3.8, 4) is 0 Å². The summed E-state index contributed by atoms with van der Waals surface area (Å²) in [6.45, 7) is 6.99. The van der Waals surface area contributed by atoms with Crippen molar-refractivity contribution in [2.75, 3.05) is 33.7 Å². The average Bonchev–Trinajstić information content (AvgIpc) is 2.37. The second kappa shape index (κ2) is 8.57. The minimum absolute atomic E-state index is 0.275. The molecule has 19 heavy (non-hydrogen) atoms. The average molecular weight is 268 g/mol. The molecule has 1 aliphatic rings. The third-order valence-corrected chi connectivity index (χ3v) is 4.18. The number of hydrogen-bond donors (Lipinski definition) is 0. The van der Waals surface area contributed by atoms with Gasteiger partial charge in [-0.2, -0.15) is 0 Å². The molecule has 1 aliphatic carbocycles. The van der Waals surface area contributed by atoms with Crippen LogP contribution in [0.5, 0.6) is 0 Å². The maximum Gasteiger partial charge on any atom is 0.236 e. The van der Waals surface area contributed by atoms with Gasteiger partial charge in [0.1, 0.15) is 0 Å². The van der Waals surface area contributed by atoms with Gasteiger partial charge in [0.05, 0.1) is 6.54 Å². The van der Waals surface area contributed by atoms with Crippen molar-refractivity contribution < 1.29 is 4.79 Å². The largest absolute Gasteiger partial charge is 0.344 e. The molecule has 0 saturated heterocycles. The van der Waals surface area contributed by atoms with Crippen LogP contribution in [0.2, 0.25) is 0 Å². The Kier molecular flexibility index (Phi) is 7.44. The Morgan fingerprint density at radius 1 is 1.16 bits per heavy atom. The van der Waals surface area contributed by atoms with Gasteiger partial charge in [0.15, 0.2) is 0 Å². The van der Waals surface area contributed by atoms with Crippen molar-refractivity contribution in [3.05, 3.63) is 0 Å². The first-order chi connectivity index (χ1) is 8.99. The molecule has 3 nitrogen and oxygen atoms in total. The Bertz CT molecular complexity index is 259. The normalized spacial score (nSPS) is 17.2. The van der Waals surface area contributed by atoms with Gasteiger partial charge in [0, 0.05) is 13.6 Å². The van der Waals surface area contributed by atoms with E-state index >= 15 is 0 Å². The third kappa shape index (κ3) is 6.95. The van der Waals surface area contributed by atoms with Crippen LogP contribution >= 0.6 is 0 Å². The van der Waals surface area contributed by atoms with Crippen molar-refractivity contribution in [3.63, 3.8) is 0 Å². The molecule has 1 amide bonds. The number of rotatable bonds is 7. The van der Waals surface area contributed by atoms with E-state index in [2.05, 4.69) is 25.8 Å². The lowest BCUT2D eigenvalue weighted by molar-refractivity contribution is -0.131. The highest BCUT2D eigenvalue weighted by molar-refractivity contribution is 5.77. The summed E-state index contributed by atoms with van der Waals surface area (Å²) in [6.07, 6.45) is 7.85. The number of carbonyl (C=O) groups is 1. The van der Waals surface area contributed by atoms with E-state index in [1.165, 1.54) is 32.1 Å². The van der Waals surface area contributed by atoms with E-state index in [1.807, 2.05) is 11.9 Å². The fourth-order valence-electron chi connectivity index (χ4n) is 2.77. The van der Waals surface area contributed by atoms with Crippen molar-refractivity contribution in [2.45, 2.75) is 52.4 Å². The van der Waals surface area contributed by atoms with Crippen LogP contribution < -0.4 is 0 Å². The molecule has 0 N–H and O–H groups in total. The van der Waals surface area contributed by atoms with Crippen molar-refractivity contribution in [2.24, 2.45) is 11.8 Å². The van der Waals surface area contributed by atoms with E-state index in [9.17, 15) is 4.79 Å². The van der Waals surface area contributed by atoms with E-state index in [4.69, 9.17) is 0 Å². The maximum atomic E-state index is 12.2. The van der Waals surface area contributed by atoms with Crippen molar-refractivity contribution >= 4 is 5.91 Å². The monoisotopic (exact) mass is 268 g/mol. The van der Waals surface area contributed by atoms with E-state index in [-0.39, 0.29) is 5.91 Å². The smallest absolute Gasteiger partial charge is 0.236 e. The summed E-state index contributed by atoms with van der Waals surface area (Å²) >= 11 is 0. The number of nitrogens with zero attached hydrogens (tertiary/aromatic N) is 2. The second-order valence-electron chi connectivity index (χ2n) is 6.70. The van der Waals surface area contributed by atoms with E-state index in [0.29, 0.717) is 12.5 Å². The minimum Gasteiger partial charge on any atom is -0.344 e. The summed E-state index contributed by atoms with van der Waals surface area (Å²) in [6, 6.07) is 0. The molecule has 0 unspecified atom stereocenters. The lowest BCUT2D eigenvalue weighted by atomic mass is 9.89. The van der Waals surface area contributed by atoms with Gasteiger partial charge in [-0.3, -0.25) is 9.69 Å². The molecule has 0 heterocycles. The van der Waals surface area contributed by atoms with E-state index < -0.39 is 0 Å². The van der Waals surface area contributed by atoms with Gasteiger partial charge in [-0.25, -0.2) is 0 Å². The summed E-state index contributed by atoms with van der Waals surface area (Å²) in [7, 11) is 4.02. The third-order valence-electron chi connectivity index (χ3n) is 4.18. The summed E-state index contributed by atoms with van der Waals surface area (Å²) in [5.74, 6) is 1.72. The van der Waals surface area contributed by atoms with Crippen LogP contribution in [-0.4, -0.2) is 49.4 Å². The SMILES string of the molecule is CC(C)CCN(C)CC(=O)N(C)CC1CCCCC1. The van der Waals surface area contributed by atoms with Gasteiger partial charge in [0.2, 0.25) is 5.91 Å². The first-order valence-corrected chi connectivity index (χ1v) is 7.91. The first-order valence-electron chi connectivity index (χ1n) is 7.91. The molecule has 0 aromatic rings. The predicted molar refractivity (Wildman–Crippen MR) is 81.2 cm³/mol. The summed E-state index contributed by atoms with van der Waals surface area (Å²) in [5, 5.41) is 0. The lowest BCUT2D eigenvalue weighted by Gasteiger charge is -2.28. The molecule has 0 aromatic heterocycles. The lowest BCUT2D eigenvalue weighted by Crippen LogP contribution is -2.39.